The van der Waals surface area contributed by atoms with Crippen molar-refractivity contribution in [1.29, 1.82) is 0 Å². The van der Waals surface area contributed by atoms with E-state index in [0.717, 1.165) is 21.1 Å². The smallest absolute Gasteiger partial charge is 0.270 e. The van der Waals surface area contributed by atoms with Crippen LogP contribution in [-0.2, 0) is 0 Å². The van der Waals surface area contributed by atoms with Gasteiger partial charge in [0.2, 0.25) is 0 Å². The Hall–Kier alpha value is -2.15. The van der Waals surface area contributed by atoms with Gasteiger partial charge in [-0.05, 0) is 28.1 Å². The van der Waals surface area contributed by atoms with Gasteiger partial charge < -0.3 is 4.98 Å². The van der Waals surface area contributed by atoms with Crippen LogP contribution in [0.2, 0.25) is 0 Å². The van der Waals surface area contributed by atoms with Crippen molar-refractivity contribution >= 4 is 32.5 Å². The van der Waals surface area contributed by atoms with E-state index in [4.69, 9.17) is 0 Å². The highest BCUT2D eigenvalue weighted by Gasteiger charge is 2.13. The quantitative estimate of drug-likeness (QED) is 0.563. The number of nitro groups is 1. The van der Waals surface area contributed by atoms with Gasteiger partial charge in [-0.15, -0.1) is 0 Å². The average Bonchev–Trinajstić information content (AvgIpc) is 2.93. The van der Waals surface area contributed by atoms with E-state index in [9.17, 15) is 10.1 Å². The lowest BCUT2D eigenvalue weighted by Crippen LogP contribution is -1.87. The van der Waals surface area contributed by atoms with E-state index in [1.54, 1.807) is 12.3 Å². The summed E-state index contributed by atoms with van der Waals surface area (Å²) in [4.78, 5) is 13.4. The molecule has 3 aromatic rings. The summed E-state index contributed by atoms with van der Waals surface area (Å²) in [6.45, 7) is 0. The number of aromatic amines is 2. The minimum atomic E-state index is -0.416. The molecule has 1 aromatic carbocycles. The average molecular weight is 307 g/mol. The monoisotopic (exact) mass is 306 g/mol. The molecule has 0 unspecified atom stereocenters. The van der Waals surface area contributed by atoms with Gasteiger partial charge in [0, 0.05) is 28.2 Å². The minimum absolute atomic E-state index is 0.0516. The third-order valence-electron chi connectivity index (χ3n) is 2.66. The van der Waals surface area contributed by atoms with Gasteiger partial charge in [-0.25, -0.2) is 0 Å². The highest BCUT2D eigenvalue weighted by atomic mass is 79.9. The number of benzene rings is 1. The fourth-order valence-corrected chi connectivity index (χ4v) is 2.17. The van der Waals surface area contributed by atoms with Gasteiger partial charge in [0.1, 0.15) is 5.69 Å². The van der Waals surface area contributed by atoms with Crippen molar-refractivity contribution in [1.82, 2.24) is 15.2 Å². The van der Waals surface area contributed by atoms with Crippen molar-refractivity contribution in [2.75, 3.05) is 0 Å². The topological polar surface area (TPSA) is 87.6 Å². The second kappa shape index (κ2) is 3.95. The van der Waals surface area contributed by atoms with E-state index < -0.39 is 4.92 Å². The lowest BCUT2D eigenvalue weighted by molar-refractivity contribution is -0.384. The van der Waals surface area contributed by atoms with E-state index in [1.165, 1.54) is 12.1 Å². The molecule has 90 valence electrons. The van der Waals surface area contributed by atoms with Crippen LogP contribution in [0.5, 0.6) is 0 Å². The number of hydrogen-bond donors (Lipinski definition) is 2. The first-order chi connectivity index (χ1) is 8.65. The maximum atomic E-state index is 10.8. The molecule has 0 aliphatic rings. The Morgan fingerprint density at radius 1 is 1.33 bits per heavy atom. The predicted molar refractivity (Wildman–Crippen MR) is 70.2 cm³/mol. The number of hydrogen-bond acceptors (Lipinski definition) is 3. The summed E-state index contributed by atoms with van der Waals surface area (Å²) in [5.74, 6) is 0. The SMILES string of the molecule is O=[N+]([O-])c1ccc2[nH]nc(-c3cc(Br)c[nH]3)c2c1. The molecule has 0 spiro atoms. The Balaban J connectivity index is 2.23. The highest BCUT2D eigenvalue weighted by molar-refractivity contribution is 9.10. The van der Waals surface area contributed by atoms with E-state index >= 15 is 0 Å². The number of non-ortho nitro benzene ring substituents is 1. The fourth-order valence-electron chi connectivity index (χ4n) is 1.83. The van der Waals surface area contributed by atoms with Gasteiger partial charge >= 0.3 is 0 Å². The zero-order chi connectivity index (χ0) is 12.7. The van der Waals surface area contributed by atoms with E-state index in [0.29, 0.717) is 5.69 Å². The first kappa shape index (κ1) is 11.0. The third kappa shape index (κ3) is 1.68. The lowest BCUT2D eigenvalue weighted by Gasteiger charge is -1.94. The summed E-state index contributed by atoms with van der Waals surface area (Å²) in [5.41, 5.74) is 2.28. The van der Waals surface area contributed by atoms with Crippen LogP contribution in [0.4, 0.5) is 5.69 Å². The number of fused-ring (bicyclic) bond motifs is 1. The number of H-pyrrole nitrogens is 2. The van der Waals surface area contributed by atoms with Crippen LogP contribution < -0.4 is 0 Å². The number of rotatable bonds is 2. The molecular formula is C11H7BrN4O2. The zero-order valence-corrected chi connectivity index (χ0v) is 10.6. The van der Waals surface area contributed by atoms with Gasteiger partial charge in [-0.2, -0.15) is 5.10 Å². The molecule has 2 N–H and O–H groups in total. The first-order valence-corrected chi connectivity index (χ1v) is 5.91. The lowest BCUT2D eigenvalue weighted by atomic mass is 10.1. The maximum Gasteiger partial charge on any atom is 0.270 e. The summed E-state index contributed by atoms with van der Waals surface area (Å²) in [6.07, 6.45) is 1.78. The van der Waals surface area contributed by atoms with Crippen LogP contribution in [0.25, 0.3) is 22.3 Å². The van der Waals surface area contributed by atoms with Crippen molar-refractivity contribution in [3.8, 4) is 11.4 Å². The van der Waals surface area contributed by atoms with Gasteiger partial charge in [0.25, 0.3) is 5.69 Å². The van der Waals surface area contributed by atoms with E-state index in [1.807, 2.05) is 6.07 Å². The first-order valence-electron chi connectivity index (χ1n) is 5.12. The molecule has 18 heavy (non-hydrogen) atoms. The molecule has 0 aliphatic heterocycles. The number of nitrogens with zero attached hydrogens (tertiary/aromatic N) is 2. The Morgan fingerprint density at radius 3 is 2.83 bits per heavy atom. The van der Waals surface area contributed by atoms with E-state index in [2.05, 4.69) is 31.1 Å². The van der Waals surface area contributed by atoms with Gasteiger partial charge in [0.15, 0.2) is 0 Å². The molecule has 0 atom stereocenters. The van der Waals surface area contributed by atoms with Crippen molar-refractivity contribution in [2.45, 2.75) is 0 Å². The molecule has 3 rings (SSSR count). The Morgan fingerprint density at radius 2 is 2.17 bits per heavy atom. The molecule has 0 bridgehead atoms. The molecule has 0 saturated heterocycles. The van der Waals surface area contributed by atoms with Crippen molar-refractivity contribution in [2.24, 2.45) is 0 Å². The minimum Gasteiger partial charge on any atom is -0.359 e. The van der Waals surface area contributed by atoms with Crippen LogP contribution in [-0.4, -0.2) is 20.1 Å². The number of nitro benzene ring substituents is 1. The Bertz CT molecular complexity index is 746. The van der Waals surface area contributed by atoms with Crippen molar-refractivity contribution in [3.05, 3.63) is 45.0 Å². The summed E-state index contributed by atoms with van der Waals surface area (Å²) < 4.78 is 0.902. The second-order valence-corrected chi connectivity index (χ2v) is 4.71. The van der Waals surface area contributed by atoms with Crippen LogP contribution >= 0.6 is 15.9 Å². The molecule has 2 heterocycles. The largest absolute Gasteiger partial charge is 0.359 e. The molecule has 2 aromatic heterocycles. The maximum absolute atomic E-state index is 10.8. The van der Waals surface area contributed by atoms with Gasteiger partial charge in [-0.1, -0.05) is 0 Å². The summed E-state index contributed by atoms with van der Waals surface area (Å²) in [6, 6.07) is 6.49. The Labute approximate surface area is 109 Å². The Kier molecular flexibility index (Phi) is 2.41. The molecule has 0 saturated carbocycles. The molecular weight excluding hydrogens is 300 g/mol. The molecule has 7 heteroatoms. The predicted octanol–water partition coefficient (Wildman–Crippen LogP) is 3.23. The summed E-state index contributed by atoms with van der Waals surface area (Å²) >= 11 is 3.34. The van der Waals surface area contributed by atoms with Gasteiger partial charge in [-0.3, -0.25) is 15.2 Å². The summed E-state index contributed by atoms with van der Waals surface area (Å²) in [5, 5.41) is 18.5. The number of nitrogens with one attached hydrogen (secondary N) is 2. The fraction of sp³-hybridized carbons (Fsp3) is 0. The van der Waals surface area contributed by atoms with Crippen molar-refractivity contribution < 1.29 is 4.92 Å². The van der Waals surface area contributed by atoms with Crippen LogP contribution in [0, 0.1) is 10.1 Å². The van der Waals surface area contributed by atoms with E-state index in [-0.39, 0.29) is 5.69 Å². The van der Waals surface area contributed by atoms with Crippen LogP contribution in [0.15, 0.2) is 34.9 Å². The number of halogens is 1. The molecule has 6 nitrogen and oxygen atoms in total. The molecule has 0 fully saturated rings. The second-order valence-electron chi connectivity index (χ2n) is 3.79. The van der Waals surface area contributed by atoms with Gasteiger partial charge in [0.05, 0.1) is 16.1 Å². The number of aromatic nitrogens is 3. The normalized spacial score (nSPS) is 10.9. The molecule has 0 radical (unpaired) electrons. The molecule has 0 amide bonds. The van der Waals surface area contributed by atoms with Crippen molar-refractivity contribution in [3.63, 3.8) is 0 Å². The van der Waals surface area contributed by atoms with Crippen LogP contribution in [0.3, 0.4) is 0 Å². The molecule has 0 aliphatic carbocycles. The third-order valence-corrected chi connectivity index (χ3v) is 3.12. The highest BCUT2D eigenvalue weighted by Crippen LogP contribution is 2.29. The zero-order valence-electron chi connectivity index (χ0n) is 8.98. The standard InChI is InChI=1S/C11H7BrN4O2/c12-6-3-10(13-5-6)11-8-4-7(16(17)18)1-2-9(8)14-15-11/h1-5,13H,(H,14,15). The summed E-state index contributed by atoms with van der Waals surface area (Å²) in [7, 11) is 0. The van der Waals surface area contributed by atoms with Crippen LogP contribution in [0.1, 0.15) is 0 Å².